The maximum absolute atomic E-state index is 5.91. The molecule has 0 aliphatic heterocycles. The second kappa shape index (κ2) is 4.00. The molecule has 1 aromatic heterocycles. The molecular formula is C12H12N2O. The summed E-state index contributed by atoms with van der Waals surface area (Å²) in [7, 11) is 1.57. The number of hydrogen-bond acceptors (Lipinski definition) is 3. The van der Waals surface area contributed by atoms with Crippen molar-refractivity contribution in [3.8, 4) is 17.0 Å². The van der Waals surface area contributed by atoms with Crippen LogP contribution in [0.25, 0.3) is 11.1 Å². The first kappa shape index (κ1) is 9.52. The van der Waals surface area contributed by atoms with Crippen molar-refractivity contribution >= 4 is 5.69 Å². The van der Waals surface area contributed by atoms with E-state index >= 15 is 0 Å². The molecule has 2 rings (SSSR count). The van der Waals surface area contributed by atoms with Gasteiger partial charge in [-0.1, -0.05) is 30.3 Å². The van der Waals surface area contributed by atoms with Gasteiger partial charge >= 0.3 is 0 Å². The van der Waals surface area contributed by atoms with Crippen LogP contribution in [0.4, 0.5) is 5.69 Å². The van der Waals surface area contributed by atoms with Gasteiger partial charge in [-0.2, -0.15) is 0 Å². The molecule has 0 aliphatic rings. The predicted octanol–water partition coefficient (Wildman–Crippen LogP) is 2.34. The second-order valence-corrected chi connectivity index (χ2v) is 3.18. The van der Waals surface area contributed by atoms with E-state index in [0.29, 0.717) is 11.6 Å². The van der Waals surface area contributed by atoms with E-state index in [4.69, 9.17) is 10.5 Å². The van der Waals surface area contributed by atoms with Crippen LogP contribution in [-0.2, 0) is 0 Å². The summed E-state index contributed by atoms with van der Waals surface area (Å²) in [5, 5.41) is 0. The predicted molar refractivity (Wildman–Crippen MR) is 60.6 cm³/mol. The summed E-state index contributed by atoms with van der Waals surface area (Å²) < 4.78 is 4.99. The molecule has 0 atom stereocenters. The maximum Gasteiger partial charge on any atom is 0.215 e. The Morgan fingerprint density at radius 2 is 1.93 bits per heavy atom. The van der Waals surface area contributed by atoms with Gasteiger partial charge < -0.3 is 10.5 Å². The van der Waals surface area contributed by atoms with E-state index in [1.54, 1.807) is 19.4 Å². The molecule has 2 aromatic rings. The summed E-state index contributed by atoms with van der Waals surface area (Å²) in [6, 6.07) is 11.6. The molecular weight excluding hydrogens is 188 g/mol. The number of anilines is 1. The lowest BCUT2D eigenvalue weighted by Crippen LogP contribution is -1.94. The van der Waals surface area contributed by atoms with E-state index in [0.717, 1.165) is 11.1 Å². The molecule has 0 saturated heterocycles. The number of pyridine rings is 1. The molecule has 0 amide bonds. The average molecular weight is 200 g/mol. The fraction of sp³-hybridized carbons (Fsp3) is 0.0833. The fourth-order valence-electron chi connectivity index (χ4n) is 1.42. The van der Waals surface area contributed by atoms with Gasteiger partial charge in [0.05, 0.1) is 7.11 Å². The molecule has 1 aromatic carbocycles. The van der Waals surface area contributed by atoms with Crippen molar-refractivity contribution in [2.24, 2.45) is 0 Å². The minimum Gasteiger partial charge on any atom is -0.481 e. The molecule has 15 heavy (non-hydrogen) atoms. The fourth-order valence-corrected chi connectivity index (χ4v) is 1.42. The molecule has 2 N–H and O–H groups in total. The minimum absolute atomic E-state index is 0.534. The van der Waals surface area contributed by atoms with Crippen molar-refractivity contribution in [3.05, 3.63) is 42.6 Å². The first-order valence-corrected chi connectivity index (χ1v) is 4.66. The number of nitrogens with zero attached hydrogens (tertiary/aromatic N) is 1. The van der Waals surface area contributed by atoms with E-state index < -0.39 is 0 Å². The zero-order valence-electron chi connectivity index (χ0n) is 8.47. The SMILES string of the molecule is COc1cc(N)c(-c2ccccc2)cn1. The first-order chi connectivity index (χ1) is 7.31. The number of ether oxygens (including phenoxy) is 1. The number of nitrogens with two attached hydrogens (primary N) is 1. The number of methoxy groups -OCH3 is 1. The van der Waals surface area contributed by atoms with E-state index in [9.17, 15) is 0 Å². The summed E-state index contributed by atoms with van der Waals surface area (Å²) in [5.41, 5.74) is 8.57. The third-order valence-electron chi connectivity index (χ3n) is 2.20. The first-order valence-electron chi connectivity index (χ1n) is 4.66. The molecule has 0 aliphatic carbocycles. The molecule has 0 bridgehead atoms. The van der Waals surface area contributed by atoms with Gasteiger partial charge in [-0.3, -0.25) is 0 Å². The summed E-state index contributed by atoms with van der Waals surface area (Å²) in [6.07, 6.45) is 1.73. The van der Waals surface area contributed by atoms with Crippen molar-refractivity contribution in [2.45, 2.75) is 0 Å². The van der Waals surface area contributed by atoms with Crippen molar-refractivity contribution < 1.29 is 4.74 Å². The minimum atomic E-state index is 0.534. The monoisotopic (exact) mass is 200 g/mol. The quantitative estimate of drug-likeness (QED) is 0.809. The van der Waals surface area contributed by atoms with Crippen LogP contribution >= 0.6 is 0 Å². The Bertz CT molecular complexity index is 454. The van der Waals surface area contributed by atoms with E-state index in [1.165, 1.54) is 0 Å². The Balaban J connectivity index is 2.46. The number of benzene rings is 1. The highest BCUT2D eigenvalue weighted by Gasteiger charge is 2.03. The number of hydrogen-bond donors (Lipinski definition) is 1. The van der Waals surface area contributed by atoms with Gasteiger partial charge in [-0.15, -0.1) is 0 Å². The Kier molecular flexibility index (Phi) is 2.54. The molecule has 0 saturated carbocycles. The summed E-state index contributed by atoms with van der Waals surface area (Å²) in [4.78, 5) is 4.13. The van der Waals surface area contributed by atoms with Crippen LogP contribution in [0.15, 0.2) is 42.6 Å². The zero-order valence-corrected chi connectivity index (χ0v) is 8.47. The Hall–Kier alpha value is -2.03. The van der Waals surface area contributed by atoms with Gasteiger partial charge in [0.1, 0.15) is 0 Å². The van der Waals surface area contributed by atoms with Gasteiger partial charge in [0.15, 0.2) is 0 Å². The molecule has 1 heterocycles. The van der Waals surface area contributed by atoms with Crippen LogP contribution in [0.3, 0.4) is 0 Å². The molecule has 0 spiro atoms. The number of aromatic nitrogens is 1. The Morgan fingerprint density at radius 3 is 2.53 bits per heavy atom. The third-order valence-corrected chi connectivity index (χ3v) is 2.20. The smallest absolute Gasteiger partial charge is 0.215 e. The van der Waals surface area contributed by atoms with Crippen LogP contribution in [0.5, 0.6) is 5.88 Å². The lowest BCUT2D eigenvalue weighted by Gasteiger charge is -2.06. The number of rotatable bonds is 2. The Morgan fingerprint density at radius 1 is 1.20 bits per heavy atom. The van der Waals surface area contributed by atoms with Crippen LogP contribution < -0.4 is 10.5 Å². The van der Waals surface area contributed by atoms with E-state index in [-0.39, 0.29) is 0 Å². The third kappa shape index (κ3) is 1.91. The number of nitrogen functional groups attached to an aromatic ring is 1. The molecule has 0 unspecified atom stereocenters. The van der Waals surface area contributed by atoms with Crippen LogP contribution in [0, 0.1) is 0 Å². The van der Waals surface area contributed by atoms with Crippen molar-refractivity contribution in [1.29, 1.82) is 0 Å². The van der Waals surface area contributed by atoms with E-state index in [1.807, 2.05) is 30.3 Å². The topological polar surface area (TPSA) is 48.1 Å². The highest BCUT2D eigenvalue weighted by atomic mass is 16.5. The van der Waals surface area contributed by atoms with Gasteiger partial charge in [-0.25, -0.2) is 4.98 Å². The molecule has 76 valence electrons. The summed E-state index contributed by atoms with van der Waals surface area (Å²) in [5.74, 6) is 0.534. The van der Waals surface area contributed by atoms with Crippen molar-refractivity contribution in [1.82, 2.24) is 4.98 Å². The Labute approximate surface area is 88.5 Å². The van der Waals surface area contributed by atoms with Crippen LogP contribution in [0.2, 0.25) is 0 Å². The van der Waals surface area contributed by atoms with Crippen molar-refractivity contribution in [3.63, 3.8) is 0 Å². The van der Waals surface area contributed by atoms with Crippen molar-refractivity contribution in [2.75, 3.05) is 12.8 Å². The second-order valence-electron chi connectivity index (χ2n) is 3.18. The normalized spacial score (nSPS) is 9.93. The average Bonchev–Trinajstić information content (AvgIpc) is 2.30. The largest absolute Gasteiger partial charge is 0.481 e. The summed E-state index contributed by atoms with van der Waals surface area (Å²) >= 11 is 0. The van der Waals surface area contributed by atoms with E-state index in [2.05, 4.69) is 4.98 Å². The summed E-state index contributed by atoms with van der Waals surface area (Å²) in [6.45, 7) is 0. The van der Waals surface area contributed by atoms with Crippen LogP contribution in [-0.4, -0.2) is 12.1 Å². The van der Waals surface area contributed by atoms with Gasteiger partial charge in [-0.05, 0) is 5.56 Å². The zero-order chi connectivity index (χ0) is 10.7. The molecule has 0 radical (unpaired) electrons. The highest BCUT2D eigenvalue weighted by Crippen LogP contribution is 2.26. The van der Waals surface area contributed by atoms with Gasteiger partial charge in [0.25, 0.3) is 0 Å². The van der Waals surface area contributed by atoms with Crippen LogP contribution in [0.1, 0.15) is 0 Å². The van der Waals surface area contributed by atoms with Gasteiger partial charge in [0.2, 0.25) is 5.88 Å². The molecule has 0 fully saturated rings. The molecule has 3 heteroatoms. The molecule has 3 nitrogen and oxygen atoms in total. The standard InChI is InChI=1S/C12H12N2O/c1-15-12-7-11(13)10(8-14-12)9-5-3-2-4-6-9/h2-8H,1H3,(H2,13,14). The lowest BCUT2D eigenvalue weighted by atomic mass is 10.1. The maximum atomic E-state index is 5.91. The lowest BCUT2D eigenvalue weighted by molar-refractivity contribution is 0.398. The van der Waals surface area contributed by atoms with Gasteiger partial charge in [0, 0.05) is 23.5 Å². The highest BCUT2D eigenvalue weighted by molar-refractivity contribution is 5.75.